The van der Waals surface area contributed by atoms with Gasteiger partial charge in [0.05, 0.1) is 13.2 Å². The minimum Gasteiger partial charge on any atom is -0.504 e. The van der Waals surface area contributed by atoms with Crippen LogP contribution in [0.1, 0.15) is 60.3 Å². The van der Waals surface area contributed by atoms with Crippen LogP contribution in [0, 0.1) is 12.8 Å². The van der Waals surface area contributed by atoms with Crippen molar-refractivity contribution < 1.29 is 34.4 Å². The van der Waals surface area contributed by atoms with E-state index in [1.54, 1.807) is 19.1 Å². The van der Waals surface area contributed by atoms with Crippen LogP contribution >= 0.6 is 0 Å². The van der Waals surface area contributed by atoms with Crippen LogP contribution in [0.4, 0.5) is 0 Å². The Kier molecular flexibility index (Phi) is 7.83. The van der Waals surface area contributed by atoms with Gasteiger partial charge in [0, 0.05) is 11.1 Å². The van der Waals surface area contributed by atoms with Gasteiger partial charge in [-0.15, -0.1) is 0 Å². The number of aryl methyl sites for hydroxylation is 1. The van der Waals surface area contributed by atoms with Crippen molar-refractivity contribution in [3.8, 4) is 23.0 Å². The molecule has 31 heavy (non-hydrogen) atoms. The number of methoxy groups -OCH3 is 1. The van der Waals surface area contributed by atoms with Crippen molar-refractivity contribution in [3.05, 3.63) is 52.6 Å². The summed E-state index contributed by atoms with van der Waals surface area (Å²) in [5.74, 6) is -1.59. The van der Waals surface area contributed by atoms with E-state index < -0.39 is 12.1 Å². The van der Waals surface area contributed by atoms with Crippen molar-refractivity contribution >= 4 is 17.8 Å². The smallest absolute Gasteiger partial charge is 0.343 e. The number of ether oxygens (including phenoxy) is 2. The van der Waals surface area contributed by atoms with Gasteiger partial charge in [0.2, 0.25) is 0 Å². The van der Waals surface area contributed by atoms with E-state index in [4.69, 9.17) is 9.47 Å². The first-order valence-corrected chi connectivity index (χ1v) is 9.87. The van der Waals surface area contributed by atoms with Gasteiger partial charge in [-0.2, -0.15) is 0 Å². The van der Waals surface area contributed by atoms with Gasteiger partial charge in [-0.05, 0) is 68.2 Å². The lowest BCUT2D eigenvalue weighted by Gasteiger charge is -2.20. The van der Waals surface area contributed by atoms with Crippen LogP contribution in [0.5, 0.6) is 23.0 Å². The second-order valence-electron chi connectivity index (χ2n) is 7.76. The number of aromatic hydroxyl groups is 1. The highest BCUT2D eigenvalue weighted by atomic mass is 16.5. The summed E-state index contributed by atoms with van der Waals surface area (Å²) in [6, 6.07) is 6.14. The number of hydrogen-bond donors (Lipinski definition) is 3. The minimum absolute atomic E-state index is 0.00290. The quantitative estimate of drug-likeness (QED) is 0.488. The average molecular weight is 428 g/mol. The number of phenols is 1. The number of benzene rings is 2. The monoisotopic (exact) mass is 428 g/mol. The highest BCUT2D eigenvalue weighted by molar-refractivity contribution is 5.95. The Hall–Kier alpha value is -3.32. The third-order valence-corrected chi connectivity index (χ3v) is 4.57. The zero-order valence-corrected chi connectivity index (χ0v) is 18.3. The first kappa shape index (κ1) is 24.0. The molecular weight excluding hydrogens is 400 g/mol. The summed E-state index contributed by atoms with van der Waals surface area (Å²) < 4.78 is 11.2. The van der Waals surface area contributed by atoms with Gasteiger partial charge in [0.15, 0.2) is 17.3 Å². The molecule has 0 radical (unpaired) electrons. The molecule has 2 aromatic carbocycles. The Bertz CT molecular complexity index is 1010. The maximum atomic E-state index is 12.1. The Balaban J connectivity index is 2.63. The molecule has 2 rings (SSSR count). The van der Waals surface area contributed by atoms with E-state index in [2.05, 4.69) is 0 Å². The van der Waals surface area contributed by atoms with E-state index in [0.29, 0.717) is 17.5 Å². The van der Waals surface area contributed by atoms with Crippen LogP contribution in [-0.2, 0) is 4.79 Å². The van der Waals surface area contributed by atoms with Gasteiger partial charge in [0.1, 0.15) is 17.1 Å². The predicted molar refractivity (Wildman–Crippen MR) is 117 cm³/mol. The number of hydrogen-bond acceptors (Lipinski definition) is 6. The number of phenolic OH excluding ortho intramolecular Hbond substituents is 1. The maximum absolute atomic E-state index is 12.1. The molecule has 0 saturated heterocycles. The number of ketones is 1. The molecule has 0 aromatic heterocycles. The third-order valence-electron chi connectivity index (χ3n) is 4.57. The summed E-state index contributed by atoms with van der Waals surface area (Å²) in [4.78, 5) is 23.4. The largest absolute Gasteiger partial charge is 0.504 e. The van der Waals surface area contributed by atoms with Gasteiger partial charge in [0.25, 0.3) is 0 Å². The molecule has 0 amide bonds. The SMILES string of the molecule is COc1c([C@@H](O)CC(C)C)ccc(Oc2c(O)cc(C)cc2C=CC(C)=O)c1C(=O)O. The predicted octanol–water partition coefficient (Wildman–Crippen LogP) is 4.88. The number of carbonyl (C=O) groups is 2. The Morgan fingerprint density at radius 2 is 1.84 bits per heavy atom. The fraction of sp³-hybridized carbons (Fsp3) is 0.333. The van der Waals surface area contributed by atoms with Gasteiger partial charge in [-0.25, -0.2) is 4.79 Å². The minimum atomic E-state index is -1.31. The summed E-state index contributed by atoms with van der Waals surface area (Å²) >= 11 is 0. The van der Waals surface area contributed by atoms with Crippen LogP contribution in [0.25, 0.3) is 6.08 Å². The summed E-state index contributed by atoms with van der Waals surface area (Å²) in [6.07, 6.45) is 2.33. The fourth-order valence-electron chi connectivity index (χ4n) is 3.26. The lowest BCUT2D eigenvalue weighted by molar-refractivity contribution is -0.112. The molecule has 7 nitrogen and oxygen atoms in total. The van der Waals surface area contributed by atoms with Crippen LogP contribution in [-0.4, -0.2) is 34.2 Å². The molecule has 0 saturated carbocycles. The van der Waals surface area contributed by atoms with Crippen LogP contribution in [0.15, 0.2) is 30.3 Å². The van der Waals surface area contributed by atoms with Crippen molar-refractivity contribution in [2.45, 2.75) is 40.2 Å². The number of carboxylic acids is 1. The molecule has 0 fully saturated rings. The Morgan fingerprint density at radius 3 is 2.39 bits per heavy atom. The number of carboxylic acid groups (broad SMARTS) is 1. The van der Waals surface area contributed by atoms with Gasteiger partial charge in [-0.1, -0.05) is 13.8 Å². The van der Waals surface area contributed by atoms with E-state index in [9.17, 15) is 24.9 Å². The number of aliphatic hydroxyl groups is 1. The van der Waals surface area contributed by atoms with E-state index in [1.807, 2.05) is 13.8 Å². The fourth-order valence-corrected chi connectivity index (χ4v) is 3.26. The van der Waals surface area contributed by atoms with Crippen LogP contribution in [0.2, 0.25) is 0 Å². The third kappa shape index (κ3) is 5.86. The highest BCUT2D eigenvalue weighted by Gasteiger charge is 2.26. The Morgan fingerprint density at radius 1 is 1.16 bits per heavy atom. The summed E-state index contributed by atoms with van der Waals surface area (Å²) in [5.41, 5.74) is 1.21. The van der Waals surface area contributed by atoms with Crippen LogP contribution < -0.4 is 9.47 Å². The molecule has 0 bridgehead atoms. The van der Waals surface area contributed by atoms with Crippen molar-refractivity contribution in [2.24, 2.45) is 5.92 Å². The molecule has 0 unspecified atom stereocenters. The van der Waals surface area contributed by atoms with Gasteiger partial charge >= 0.3 is 5.97 Å². The second kappa shape index (κ2) is 10.1. The van der Waals surface area contributed by atoms with E-state index >= 15 is 0 Å². The van der Waals surface area contributed by atoms with Crippen molar-refractivity contribution in [1.29, 1.82) is 0 Å². The molecule has 2 aromatic rings. The molecule has 7 heteroatoms. The summed E-state index contributed by atoms with van der Waals surface area (Å²) in [7, 11) is 1.32. The highest BCUT2D eigenvalue weighted by Crippen LogP contribution is 2.42. The van der Waals surface area contributed by atoms with E-state index in [-0.39, 0.29) is 40.3 Å². The van der Waals surface area contributed by atoms with Gasteiger partial charge in [-0.3, -0.25) is 4.79 Å². The summed E-state index contributed by atoms with van der Waals surface area (Å²) in [6.45, 7) is 7.05. The normalized spacial score (nSPS) is 12.2. The van der Waals surface area contributed by atoms with E-state index in [0.717, 1.165) is 5.56 Å². The number of aromatic carboxylic acids is 1. The zero-order valence-electron chi connectivity index (χ0n) is 18.3. The number of carbonyl (C=O) groups excluding carboxylic acids is 1. The van der Waals surface area contributed by atoms with Gasteiger partial charge < -0.3 is 24.8 Å². The standard InChI is InChI=1S/C24H28O7/c1-13(2)10-18(26)17-8-9-20(21(24(28)29)23(17)30-5)31-22-16(7-6-15(4)25)11-14(3)12-19(22)27/h6-9,11-13,18,26-27H,10H2,1-5H3,(H,28,29)/t18-/m0/s1. The number of aliphatic hydroxyl groups excluding tert-OH is 1. The molecule has 1 atom stereocenters. The summed E-state index contributed by atoms with van der Waals surface area (Å²) in [5, 5.41) is 30.8. The number of rotatable bonds is 9. The molecule has 166 valence electrons. The molecule has 0 heterocycles. The zero-order chi connectivity index (χ0) is 23.3. The Labute approximate surface area is 181 Å². The van der Waals surface area contributed by atoms with Crippen LogP contribution in [0.3, 0.4) is 0 Å². The molecular formula is C24H28O7. The molecule has 0 spiro atoms. The van der Waals surface area contributed by atoms with E-state index in [1.165, 1.54) is 38.3 Å². The first-order chi connectivity index (χ1) is 14.5. The van der Waals surface area contributed by atoms with Crippen molar-refractivity contribution in [3.63, 3.8) is 0 Å². The average Bonchev–Trinajstić information content (AvgIpc) is 2.66. The second-order valence-corrected chi connectivity index (χ2v) is 7.76. The maximum Gasteiger partial charge on any atom is 0.343 e. The molecule has 3 N–H and O–H groups in total. The number of allylic oxidation sites excluding steroid dienone is 1. The topological polar surface area (TPSA) is 113 Å². The van der Waals surface area contributed by atoms with Crippen molar-refractivity contribution in [2.75, 3.05) is 7.11 Å². The molecule has 0 aliphatic carbocycles. The molecule has 0 aliphatic rings. The first-order valence-electron chi connectivity index (χ1n) is 9.87. The lowest BCUT2D eigenvalue weighted by Crippen LogP contribution is -2.10. The van der Waals surface area contributed by atoms with Crippen molar-refractivity contribution in [1.82, 2.24) is 0 Å². The molecule has 0 aliphatic heterocycles. The lowest BCUT2D eigenvalue weighted by atomic mass is 9.96.